The second-order valence-corrected chi connectivity index (χ2v) is 6.86. The molecule has 4 heteroatoms. The number of rotatable bonds is 2. The van der Waals surface area contributed by atoms with E-state index in [1.807, 2.05) is 19.1 Å². The van der Waals surface area contributed by atoms with Crippen LogP contribution in [-0.4, -0.2) is 16.4 Å². The van der Waals surface area contributed by atoms with Crippen molar-refractivity contribution in [3.8, 4) is 0 Å². The number of fused-ring (bicyclic) bond motifs is 2. The highest BCUT2D eigenvalue weighted by Gasteiger charge is 2.19. The maximum absolute atomic E-state index is 12.9. The van der Waals surface area contributed by atoms with E-state index in [4.69, 9.17) is 11.6 Å². The van der Waals surface area contributed by atoms with E-state index in [-0.39, 0.29) is 5.43 Å². The molecule has 0 bridgehead atoms. The summed E-state index contributed by atoms with van der Waals surface area (Å²) in [6, 6.07) is 14.0. The molecule has 1 N–H and O–H groups in total. The van der Waals surface area contributed by atoms with Crippen molar-refractivity contribution in [1.29, 1.82) is 0 Å². The van der Waals surface area contributed by atoms with E-state index in [9.17, 15) is 4.79 Å². The topological polar surface area (TPSA) is 36.1 Å². The van der Waals surface area contributed by atoms with Crippen molar-refractivity contribution in [3.63, 3.8) is 0 Å². The number of nitrogens with zero attached hydrogens (tertiary/aromatic N) is 1. The summed E-state index contributed by atoms with van der Waals surface area (Å²) in [5.74, 6) is 0. The number of hydrogen-bond donors (Lipinski definition) is 1. The lowest BCUT2D eigenvalue weighted by atomic mass is 9.99. The van der Waals surface area contributed by atoms with Gasteiger partial charge in [-0.05, 0) is 36.6 Å². The Balaban J connectivity index is 1.70. The third kappa shape index (κ3) is 2.64. The van der Waals surface area contributed by atoms with Crippen LogP contribution in [0.2, 0.25) is 5.02 Å². The predicted molar refractivity (Wildman–Crippen MR) is 98.6 cm³/mol. The predicted octanol–water partition coefficient (Wildman–Crippen LogP) is 4.05. The van der Waals surface area contributed by atoms with Crippen LogP contribution in [0.15, 0.2) is 47.3 Å². The van der Waals surface area contributed by atoms with Crippen molar-refractivity contribution < 1.29 is 0 Å². The number of aromatic amines is 1. The number of para-hydroxylation sites is 1. The van der Waals surface area contributed by atoms with Gasteiger partial charge in [0.25, 0.3) is 0 Å². The quantitative estimate of drug-likeness (QED) is 0.765. The molecule has 24 heavy (non-hydrogen) atoms. The molecule has 0 atom stereocenters. The first-order valence-electron chi connectivity index (χ1n) is 8.22. The van der Waals surface area contributed by atoms with E-state index in [1.54, 1.807) is 6.07 Å². The van der Waals surface area contributed by atoms with E-state index in [1.165, 1.54) is 11.1 Å². The zero-order valence-electron chi connectivity index (χ0n) is 13.6. The maximum atomic E-state index is 12.9. The zero-order valence-corrected chi connectivity index (χ0v) is 14.4. The third-order valence-corrected chi connectivity index (χ3v) is 5.20. The van der Waals surface area contributed by atoms with Crippen molar-refractivity contribution in [3.05, 3.63) is 80.1 Å². The summed E-state index contributed by atoms with van der Waals surface area (Å²) < 4.78 is 0. The number of halogens is 1. The average molecular weight is 339 g/mol. The molecule has 1 aliphatic heterocycles. The third-order valence-electron chi connectivity index (χ3n) is 4.89. The molecular formula is C20H19ClN2O. The fourth-order valence-electron chi connectivity index (χ4n) is 3.54. The molecule has 0 amide bonds. The van der Waals surface area contributed by atoms with Crippen LogP contribution >= 0.6 is 11.6 Å². The Morgan fingerprint density at radius 3 is 2.75 bits per heavy atom. The molecule has 2 heterocycles. The molecule has 2 aromatic carbocycles. The van der Waals surface area contributed by atoms with Crippen molar-refractivity contribution in [2.24, 2.45) is 0 Å². The first-order chi connectivity index (χ1) is 11.6. The van der Waals surface area contributed by atoms with Crippen LogP contribution < -0.4 is 5.43 Å². The van der Waals surface area contributed by atoms with Crippen molar-refractivity contribution in [1.82, 2.24) is 9.88 Å². The standard InChI is InChI=1S/C20H19ClN2O/c1-13-17(20(24)16-7-4-8-18(21)19(16)22-13)12-23-10-9-14-5-2-3-6-15(14)11-23/h2-8H,9-12H2,1H3,(H,22,24). The summed E-state index contributed by atoms with van der Waals surface area (Å²) in [5, 5.41) is 1.26. The van der Waals surface area contributed by atoms with Gasteiger partial charge in [-0.1, -0.05) is 41.9 Å². The lowest BCUT2D eigenvalue weighted by molar-refractivity contribution is 0.244. The van der Waals surface area contributed by atoms with Gasteiger partial charge in [-0.2, -0.15) is 0 Å². The highest BCUT2D eigenvalue weighted by atomic mass is 35.5. The maximum Gasteiger partial charge on any atom is 0.194 e. The van der Waals surface area contributed by atoms with E-state index in [0.717, 1.165) is 36.3 Å². The van der Waals surface area contributed by atoms with Crippen LogP contribution in [0.5, 0.6) is 0 Å². The first kappa shape index (κ1) is 15.4. The van der Waals surface area contributed by atoms with Gasteiger partial charge in [0.05, 0.1) is 10.5 Å². The zero-order chi connectivity index (χ0) is 16.7. The lowest BCUT2D eigenvalue weighted by Gasteiger charge is -2.29. The Morgan fingerprint density at radius 1 is 1.12 bits per heavy atom. The van der Waals surface area contributed by atoms with Crippen LogP contribution in [0.3, 0.4) is 0 Å². The number of aromatic nitrogens is 1. The Bertz CT molecular complexity index is 977. The molecule has 122 valence electrons. The van der Waals surface area contributed by atoms with Crippen LogP contribution in [0.1, 0.15) is 22.4 Å². The Hall–Kier alpha value is -2.10. The average Bonchev–Trinajstić information content (AvgIpc) is 2.59. The minimum atomic E-state index is 0.0857. The van der Waals surface area contributed by atoms with Gasteiger partial charge >= 0.3 is 0 Å². The van der Waals surface area contributed by atoms with Crippen LogP contribution in [0.4, 0.5) is 0 Å². The summed E-state index contributed by atoms with van der Waals surface area (Å²) in [6.07, 6.45) is 1.03. The minimum Gasteiger partial charge on any atom is -0.357 e. The molecule has 0 spiro atoms. The fraction of sp³-hybridized carbons (Fsp3) is 0.250. The summed E-state index contributed by atoms with van der Waals surface area (Å²) in [6.45, 7) is 4.49. The van der Waals surface area contributed by atoms with Gasteiger partial charge in [-0.25, -0.2) is 0 Å². The van der Waals surface area contributed by atoms with Crippen molar-refractivity contribution >= 4 is 22.5 Å². The smallest absolute Gasteiger partial charge is 0.194 e. The second kappa shape index (κ2) is 6.08. The number of H-pyrrole nitrogens is 1. The molecule has 1 aliphatic rings. The van der Waals surface area contributed by atoms with E-state index < -0.39 is 0 Å². The number of benzene rings is 2. The normalized spacial score (nSPS) is 14.8. The lowest BCUT2D eigenvalue weighted by Crippen LogP contribution is -2.32. The summed E-state index contributed by atoms with van der Waals surface area (Å²) in [7, 11) is 0. The highest BCUT2D eigenvalue weighted by Crippen LogP contribution is 2.23. The van der Waals surface area contributed by atoms with E-state index in [0.29, 0.717) is 17.0 Å². The number of aryl methyl sites for hydroxylation is 1. The van der Waals surface area contributed by atoms with Crippen LogP contribution in [0, 0.1) is 6.92 Å². The largest absolute Gasteiger partial charge is 0.357 e. The van der Waals surface area contributed by atoms with Gasteiger partial charge in [0.2, 0.25) is 0 Å². The first-order valence-corrected chi connectivity index (χ1v) is 8.60. The number of pyridine rings is 1. The summed E-state index contributed by atoms with van der Waals surface area (Å²) >= 11 is 6.22. The highest BCUT2D eigenvalue weighted by molar-refractivity contribution is 6.35. The Morgan fingerprint density at radius 2 is 1.92 bits per heavy atom. The van der Waals surface area contributed by atoms with Gasteiger partial charge in [-0.3, -0.25) is 9.69 Å². The number of hydrogen-bond acceptors (Lipinski definition) is 2. The van der Waals surface area contributed by atoms with Crippen LogP contribution in [-0.2, 0) is 19.5 Å². The minimum absolute atomic E-state index is 0.0857. The van der Waals surface area contributed by atoms with E-state index >= 15 is 0 Å². The molecule has 0 unspecified atom stereocenters. The molecule has 3 nitrogen and oxygen atoms in total. The Labute approximate surface area is 145 Å². The fourth-order valence-corrected chi connectivity index (χ4v) is 3.76. The van der Waals surface area contributed by atoms with Gasteiger partial charge < -0.3 is 4.98 Å². The SMILES string of the molecule is Cc1[nH]c2c(Cl)cccc2c(=O)c1CN1CCc2ccccc2C1. The van der Waals surface area contributed by atoms with Gasteiger partial charge in [0.1, 0.15) is 0 Å². The molecule has 0 fully saturated rings. The van der Waals surface area contributed by atoms with Crippen molar-refractivity contribution in [2.75, 3.05) is 6.54 Å². The molecule has 0 radical (unpaired) electrons. The molecule has 0 aliphatic carbocycles. The molecule has 3 aromatic rings. The summed E-state index contributed by atoms with van der Waals surface area (Å²) in [4.78, 5) is 18.6. The molecule has 0 saturated carbocycles. The van der Waals surface area contributed by atoms with Crippen LogP contribution in [0.25, 0.3) is 10.9 Å². The monoisotopic (exact) mass is 338 g/mol. The van der Waals surface area contributed by atoms with Gasteiger partial charge in [0.15, 0.2) is 5.43 Å². The van der Waals surface area contributed by atoms with E-state index in [2.05, 4.69) is 34.1 Å². The van der Waals surface area contributed by atoms with Gasteiger partial charge in [-0.15, -0.1) is 0 Å². The molecular weight excluding hydrogens is 320 g/mol. The molecule has 1 aromatic heterocycles. The molecule has 0 saturated heterocycles. The van der Waals surface area contributed by atoms with Crippen molar-refractivity contribution in [2.45, 2.75) is 26.4 Å². The number of nitrogens with one attached hydrogen (secondary N) is 1. The Kier molecular flexibility index (Phi) is 3.91. The summed E-state index contributed by atoms with van der Waals surface area (Å²) in [5.41, 5.74) is 5.34. The van der Waals surface area contributed by atoms with Gasteiger partial charge in [0, 0.05) is 36.3 Å². The second-order valence-electron chi connectivity index (χ2n) is 6.45. The molecule has 4 rings (SSSR count).